The molecule has 0 amide bonds. The van der Waals surface area contributed by atoms with Gasteiger partial charge in [-0.2, -0.15) is 5.10 Å². The molecule has 0 saturated heterocycles. The number of nitrogen functional groups attached to an aromatic ring is 1. The number of aromatic nitrogens is 2. The van der Waals surface area contributed by atoms with E-state index in [1.807, 2.05) is 29.8 Å². The molecule has 0 aliphatic carbocycles. The second-order valence-electron chi connectivity index (χ2n) is 4.64. The Morgan fingerprint density at radius 3 is 2.68 bits per heavy atom. The van der Waals surface area contributed by atoms with E-state index in [2.05, 4.69) is 46.9 Å². The molecule has 0 bridgehead atoms. The minimum Gasteiger partial charge on any atom is -0.394 e. The van der Waals surface area contributed by atoms with Crippen LogP contribution >= 0.6 is 34.2 Å². The maximum absolute atomic E-state index is 6.23. The number of aryl methyl sites for hydroxylation is 1. The van der Waals surface area contributed by atoms with Gasteiger partial charge in [-0.25, -0.2) is 4.68 Å². The summed E-state index contributed by atoms with van der Waals surface area (Å²) in [5, 5.41) is 8.38. The van der Waals surface area contributed by atoms with Crippen LogP contribution in [0.5, 0.6) is 0 Å². The molecule has 3 N–H and O–H groups in total. The lowest BCUT2D eigenvalue weighted by Gasteiger charge is -2.14. The molecule has 102 valence electrons. The Labute approximate surface area is 131 Å². The second-order valence-corrected chi connectivity index (χ2v) is 6.29. The summed E-state index contributed by atoms with van der Waals surface area (Å²) < 4.78 is 2.97. The summed E-state index contributed by atoms with van der Waals surface area (Å²) in [6.07, 6.45) is 0. The highest BCUT2D eigenvalue weighted by Gasteiger charge is 2.15. The third-order valence-electron chi connectivity index (χ3n) is 2.81. The second kappa shape index (κ2) is 5.58. The molecule has 0 saturated carbocycles. The zero-order valence-corrected chi connectivity index (χ0v) is 14.0. The molecule has 1 aromatic carbocycles. The van der Waals surface area contributed by atoms with Gasteiger partial charge in [0, 0.05) is 9.61 Å². The SMILES string of the molecule is Cc1nn(C(C)C)c(Nc2ccc(I)cc2Cl)c1N. The first-order chi connectivity index (χ1) is 8.90. The van der Waals surface area contributed by atoms with Crippen molar-refractivity contribution < 1.29 is 0 Å². The van der Waals surface area contributed by atoms with Crippen molar-refractivity contribution in [3.8, 4) is 0 Å². The molecular formula is C13H16ClIN4. The van der Waals surface area contributed by atoms with Crippen LogP contribution in [0.4, 0.5) is 17.2 Å². The molecule has 0 unspecified atom stereocenters. The third kappa shape index (κ3) is 2.97. The normalized spacial score (nSPS) is 11.1. The summed E-state index contributed by atoms with van der Waals surface area (Å²) in [6, 6.07) is 6.06. The topological polar surface area (TPSA) is 55.9 Å². The predicted molar refractivity (Wildman–Crippen MR) is 89.2 cm³/mol. The van der Waals surface area contributed by atoms with Gasteiger partial charge in [0.05, 0.1) is 22.1 Å². The number of hydrogen-bond donors (Lipinski definition) is 2. The monoisotopic (exact) mass is 390 g/mol. The van der Waals surface area contributed by atoms with E-state index in [4.69, 9.17) is 17.3 Å². The predicted octanol–water partition coefficient (Wildman–Crippen LogP) is 4.36. The van der Waals surface area contributed by atoms with Crippen molar-refractivity contribution >= 4 is 51.4 Å². The lowest BCUT2D eigenvalue weighted by Crippen LogP contribution is -2.08. The van der Waals surface area contributed by atoms with Gasteiger partial charge in [-0.3, -0.25) is 0 Å². The van der Waals surface area contributed by atoms with Crippen LogP contribution in [-0.2, 0) is 0 Å². The number of rotatable bonds is 3. The average molecular weight is 391 g/mol. The summed E-state index contributed by atoms with van der Waals surface area (Å²) in [4.78, 5) is 0. The highest BCUT2D eigenvalue weighted by atomic mass is 127. The van der Waals surface area contributed by atoms with Gasteiger partial charge in [-0.1, -0.05) is 11.6 Å². The van der Waals surface area contributed by atoms with Crippen LogP contribution in [0.2, 0.25) is 5.02 Å². The standard InChI is InChI=1S/C13H16ClIN4/c1-7(2)19-13(12(16)8(3)18-19)17-11-5-4-9(15)6-10(11)14/h4-7,17H,16H2,1-3H3. The molecule has 0 aliphatic rings. The van der Waals surface area contributed by atoms with Crippen LogP contribution in [0, 0.1) is 10.5 Å². The molecular weight excluding hydrogens is 375 g/mol. The Morgan fingerprint density at radius 1 is 1.42 bits per heavy atom. The Bertz CT molecular complexity index is 607. The van der Waals surface area contributed by atoms with E-state index in [1.165, 1.54) is 0 Å². The number of nitrogens with two attached hydrogens (primary N) is 1. The van der Waals surface area contributed by atoms with Gasteiger partial charge < -0.3 is 11.1 Å². The van der Waals surface area contributed by atoms with Crippen molar-refractivity contribution in [3.05, 3.63) is 32.5 Å². The first-order valence-electron chi connectivity index (χ1n) is 5.96. The summed E-state index contributed by atoms with van der Waals surface area (Å²) >= 11 is 8.46. The molecule has 2 aromatic rings. The molecule has 1 heterocycles. The van der Waals surface area contributed by atoms with Crippen molar-refractivity contribution in [1.82, 2.24) is 9.78 Å². The minimum absolute atomic E-state index is 0.223. The smallest absolute Gasteiger partial charge is 0.152 e. The summed E-state index contributed by atoms with van der Waals surface area (Å²) in [5.74, 6) is 0.788. The number of hydrogen-bond acceptors (Lipinski definition) is 3. The fraction of sp³-hybridized carbons (Fsp3) is 0.308. The zero-order chi connectivity index (χ0) is 14.2. The number of anilines is 3. The van der Waals surface area contributed by atoms with Gasteiger partial charge in [0.15, 0.2) is 5.82 Å². The maximum atomic E-state index is 6.23. The average Bonchev–Trinajstić information content (AvgIpc) is 2.61. The maximum Gasteiger partial charge on any atom is 0.152 e. The van der Waals surface area contributed by atoms with Crippen LogP contribution in [0.25, 0.3) is 0 Å². The Hall–Kier alpha value is -0.950. The van der Waals surface area contributed by atoms with Crippen LogP contribution in [0.15, 0.2) is 18.2 Å². The van der Waals surface area contributed by atoms with Crippen molar-refractivity contribution in [2.24, 2.45) is 0 Å². The van der Waals surface area contributed by atoms with Crippen molar-refractivity contribution in [2.75, 3.05) is 11.1 Å². The minimum atomic E-state index is 0.223. The van der Waals surface area contributed by atoms with Gasteiger partial charge in [0.2, 0.25) is 0 Å². The van der Waals surface area contributed by atoms with Crippen LogP contribution < -0.4 is 11.1 Å². The van der Waals surface area contributed by atoms with E-state index in [-0.39, 0.29) is 6.04 Å². The number of halogens is 2. The van der Waals surface area contributed by atoms with Crippen LogP contribution in [-0.4, -0.2) is 9.78 Å². The van der Waals surface area contributed by atoms with E-state index >= 15 is 0 Å². The van der Waals surface area contributed by atoms with Crippen LogP contribution in [0.1, 0.15) is 25.6 Å². The third-order valence-corrected chi connectivity index (χ3v) is 3.79. The quantitative estimate of drug-likeness (QED) is 0.766. The molecule has 1 aromatic heterocycles. The Kier molecular flexibility index (Phi) is 4.25. The first kappa shape index (κ1) is 14.5. The summed E-state index contributed by atoms with van der Waals surface area (Å²) in [7, 11) is 0. The largest absolute Gasteiger partial charge is 0.394 e. The van der Waals surface area contributed by atoms with Crippen LogP contribution in [0.3, 0.4) is 0 Å². The summed E-state index contributed by atoms with van der Waals surface area (Å²) in [5.41, 5.74) is 8.38. The Balaban J connectivity index is 2.43. The van der Waals surface area contributed by atoms with E-state index in [0.717, 1.165) is 20.8 Å². The molecule has 0 radical (unpaired) electrons. The van der Waals surface area contributed by atoms with Crippen molar-refractivity contribution in [1.29, 1.82) is 0 Å². The van der Waals surface area contributed by atoms with Gasteiger partial charge in [0.25, 0.3) is 0 Å². The number of nitrogens with zero attached hydrogens (tertiary/aromatic N) is 2. The fourth-order valence-corrected chi connectivity index (χ4v) is 2.68. The zero-order valence-electron chi connectivity index (χ0n) is 11.0. The molecule has 0 atom stereocenters. The van der Waals surface area contributed by atoms with E-state index in [1.54, 1.807) is 0 Å². The lowest BCUT2D eigenvalue weighted by atomic mass is 10.3. The van der Waals surface area contributed by atoms with Crippen molar-refractivity contribution in [3.63, 3.8) is 0 Å². The number of nitrogens with one attached hydrogen (secondary N) is 1. The highest BCUT2D eigenvalue weighted by molar-refractivity contribution is 14.1. The van der Waals surface area contributed by atoms with E-state index < -0.39 is 0 Å². The van der Waals surface area contributed by atoms with Gasteiger partial charge in [-0.05, 0) is 61.6 Å². The molecule has 4 nitrogen and oxygen atoms in total. The molecule has 0 aliphatic heterocycles. The summed E-state index contributed by atoms with van der Waals surface area (Å²) in [6.45, 7) is 6.02. The molecule has 2 rings (SSSR count). The Morgan fingerprint density at radius 2 is 2.11 bits per heavy atom. The molecule has 0 fully saturated rings. The van der Waals surface area contributed by atoms with Gasteiger partial charge in [0.1, 0.15) is 0 Å². The van der Waals surface area contributed by atoms with E-state index in [0.29, 0.717) is 10.7 Å². The highest BCUT2D eigenvalue weighted by Crippen LogP contribution is 2.32. The van der Waals surface area contributed by atoms with Gasteiger partial charge >= 0.3 is 0 Å². The lowest BCUT2D eigenvalue weighted by molar-refractivity contribution is 0.536. The first-order valence-corrected chi connectivity index (χ1v) is 7.42. The fourth-order valence-electron chi connectivity index (χ4n) is 1.78. The molecule has 19 heavy (non-hydrogen) atoms. The van der Waals surface area contributed by atoms with E-state index in [9.17, 15) is 0 Å². The van der Waals surface area contributed by atoms with Crippen molar-refractivity contribution in [2.45, 2.75) is 26.8 Å². The van der Waals surface area contributed by atoms with Gasteiger partial charge in [-0.15, -0.1) is 0 Å². The number of benzene rings is 1. The molecule has 6 heteroatoms. The molecule has 0 spiro atoms.